The molecule has 1 fully saturated rings. The van der Waals surface area contributed by atoms with Gasteiger partial charge < -0.3 is 14.4 Å². The third-order valence-corrected chi connectivity index (χ3v) is 4.26. The minimum Gasteiger partial charge on any atom is -0.451 e. The van der Waals surface area contributed by atoms with Crippen molar-refractivity contribution in [2.24, 2.45) is 0 Å². The standard InChI is InChI=1S/C19H23N5O4/c1-13-10-23(11-14(2)28-13)18(25)12-27-19(26)17(24-15(3)20-21-22-24)9-16-7-5-4-6-8-16/h4-9,13-14H,10-12H2,1-3H3. The number of hydrogen-bond acceptors (Lipinski definition) is 7. The van der Waals surface area contributed by atoms with Crippen molar-refractivity contribution in [1.82, 2.24) is 25.1 Å². The van der Waals surface area contributed by atoms with Crippen molar-refractivity contribution in [3.63, 3.8) is 0 Å². The molecular formula is C19H23N5O4. The number of benzene rings is 1. The molecule has 2 aromatic rings. The molecule has 1 amide bonds. The molecule has 9 nitrogen and oxygen atoms in total. The van der Waals surface area contributed by atoms with Crippen LogP contribution < -0.4 is 0 Å². The largest absolute Gasteiger partial charge is 0.451 e. The van der Waals surface area contributed by atoms with Crippen LogP contribution in [0.1, 0.15) is 25.2 Å². The molecule has 148 valence electrons. The SMILES string of the molecule is Cc1nnnn1C(=Cc1ccccc1)C(=O)OCC(=O)N1CC(C)OC(C)C1. The Labute approximate surface area is 162 Å². The van der Waals surface area contributed by atoms with Gasteiger partial charge in [-0.15, -0.1) is 5.10 Å². The van der Waals surface area contributed by atoms with Crippen molar-refractivity contribution in [3.8, 4) is 0 Å². The van der Waals surface area contributed by atoms with Crippen LogP contribution in [0.5, 0.6) is 0 Å². The number of tetrazole rings is 1. The van der Waals surface area contributed by atoms with Crippen molar-refractivity contribution in [2.45, 2.75) is 33.0 Å². The van der Waals surface area contributed by atoms with E-state index < -0.39 is 5.97 Å². The summed E-state index contributed by atoms with van der Waals surface area (Å²) in [6, 6.07) is 9.26. The Balaban J connectivity index is 1.73. The summed E-state index contributed by atoms with van der Waals surface area (Å²) in [6.45, 7) is 6.07. The molecule has 1 aromatic carbocycles. The minimum atomic E-state index is -0.679. The number of morpholine rings is 1. The minimum absolute atomic E-state index is 0.0548. The maximum Gasteiger partial charge on any atom is 0.357 e. The van der Waals surface area contributed by atoms with Gasteiger partial charge in [0.2, 0.25) is 0 Å². The first-order chi connectivity index (χ1) is 13.4. The topological polar surface area (TPSA) is 99.4 Å². The molecule has 2 heterocycles. The van der Waals surface area contributed by atoms with Gasteiger partial charge in [-0.2, -0.15) is 4.68 Å². The first-order valence-electron chi connectivity index (χ1n) is 9.06. The van der Waals surface area contributed by atoms with E-state index in [4.69, 9.17) is 9.47 Å². The summed E-state index contributed by atoms with van der Waals surface area (Å²) >= 11 is 0. The summed E-state index contributed by atoms with van der Waals surface area (Å²) in [4.78, 5) is 26.8. The van der Waals surface area contributed by atoms with E-state index in [2.05, 4.69) is 15.5 Å². The van der Waals surface area contributed by atoms with E-state index >= 15 is 0 Å². The van der Waals surface area contributed by atoms with Crippen molar-refractivity contribution in [3.05, 3.63) is 41.7 Å². The summed E-state index contributed by atoms with van der Waals surface area (Å²) in [7, 11) is 0. The van der Waals surface area contributed by atoms with Crippen molar-refractivity contribution in [1.29, 1.82) is 0 Å². The number of aromatic nitrogens is 4. The highest BCUT2D eigenvalue weighted by Crippen LogP contribution is 2.15. The number of ether oxygens (including phenoxy) is 2. The molecule has 0 radical (unpaired) electrons. The third-order valence-electron chi connectivity index (χ3n) is 4.26. The number of carbonyl (C=O) groups is 2. The van der Waals surface area contributed by atoms with E-state index in [1.54, 1.807) is 17.9 Å². The maximum atomic E-state index is 12.7. The molecule has 0 spiro atoms. The Morgan fingerprint density at radius 1 is 1.21 bits per heavy atom. The van der Waals surface area contributed by atoms with E-state index in [0.29, 0.717) is 18.9 Å². The number of carbonyl (C=O) groups excluding carboxylic acids is 2. The Bertz CT molecular complexity index is 854. The summed E-state index contributed by atoms with van der Waals surface area (Å²) in [5.41, 5.74) is 0.914. The normalized spacial score (nSPS) is 20.1. The lowest BCUT2D eigenvalue weighted by Gasteiger charge is -2.35. The zero-order valence-electron chi connectivity index (χ0n) is 16.1. The number of aryl methyl sites for hydroxylation is 1. The first-order valence-corrected chi connectivity index (χ1v) is 9.06. The average Bonchev–Trinajstić information content (AvgIpc) is 3.09. The highest BCUT2D eigenvalue weighted by molar-refractivity contribution is 6.15. The molecule has 0 N–H and O–H groups in total. The molecule has 2 atom stereocenters. The van der Waals surface area contributed by atoms with Gasteiger partial charge in [-0.1, -0.05) is 30.3 Å². The predicted molar refractivity (Wildman–Crippen MR) is 101 cm³/mol. The second-order valence-electron chi connectivity index (χ2n) is 6.71. The number of hydrogen-bond donors (Lipinski definition) is 0. The highest BCUT2D eigenvalue weighted by atomic mass is 16.5. The molecule has 3 rings (SSSR count). The van der Waals surface area contributed by atoms with Crippen LogP contribution in [0.15, 0.2) is 30.3 Å². The molecule has 1 saturated heterocycles. The smallest absolute Gasteiger partial charge is 0.357 e. The van der Waals surface area contributed by atoms with Crippen LogP contribution in [0.4, 0.5) is 0 Å². The number of nitrogens with zero attached hydrogens (tertiary/aromatic N) is 5. The van der Waals surface area contributed by atoms with Crippen LogP contribution in [-0.4, -0.2) is 68.9 Å². The molecular weight excluding hydrogens is 362 g/mol. The second-order valence-corrected chi connectivity index (χ2v) is 6.71. The van der Waals surface area contributed by atoms with Crippen LogP contribution in [0.2, 0.25) is 0 Å². The fraction of sp³-hybridized carbons (Fsp3) is 0.421. The van der Waals surface area contributed by atoms with Gasteiger partial charge in [0, 0.05) is 13.1 Å². The van der Waals surface area contributed by atoms with Gasteiger partial charge in [0.15, 0.2) is 18.1 Å². The van der Waals surface area contributed by atoms with Crippen molar-refractivity contribution < 1.29 is 19.1 Å². The molecule has 28 heavy (non-hydrogen) atoms. The van der Waals surface area contributed by atoms with Gasteiger partial charge in [-0.05, 0) is 42.8 Å². The van der Waals surface area contributed by atoms with Crippen LogP contribution in [0.3, 0.4) is 0 Å². The second kappa shape index (κ2) is 8.75. The molecule has 0 aliphatic carbocycles. The quantitative estimate of drug-likeness (QED) is 0.562. The van der Waals surface area contributed by atoms with Crippen molar-refractivity contribution in [2.75, 3.05) is 19.7 Å². The van der Waals surface area contributed by atoms with Crippen LogP contribution in [0.25, 0.3) is 11.8 Å². The summed E-state index contributed by atoms with van der Waals surface area (Å²) in [5.74, 6) is -0.508. The van der Waals surface area contributed by atoms with Crippen molar-refractivity contribution >= 4 is 23.6 Å². The lowest BCUT2D eigenvalue weighted by Crippen LogP contribution is -2.49. The van der Waals surface area contributed by atoms with E-state index in [9.17, 15) is 9.59 Å². The molecule has 1 aliphatic heterocycles. The van der Waals surface area contributed by atoms with Crippen LogP contribution in [0, 0.1) is 6.92 Å². The van der Waals surface area contributed by atoms with Gasteiger partial charge in [0.25, 0.3) is 5.91 Å². The molecule has 0 saturated carbocycles. The number of amides is 1. The van der Waals surface area contributed by atoms with E-state index in [1.807, 2.05) is 44.2 Å². The lowest BCUT2D eigenvalue weighted by molar-refractivity contribution is -0.154. The predicted octanol–water partition coefficient (Wildman–Crippen LogP) is 1.16. The number of rotatable bonds is 5. The van der Waals surface area contributed by atoms with Crippen LogP contribution >= 0.6 is 0 Å². The van der Waals surface area contributed by atoms with Gasteiger partial charge in [-0.3, -0.25) is 4.79 Å². The first kappa shape index (κ1) is 19.7. The zero-order valence-corrected chi connectivity index (χ0v) is 16.1. The molecule has 1 aliphatic rings. The zero-order chi connectivity index (χ0) is 20.1. The summed E-state index contributed by atoms with van der Waals surface area (Å²) in [5, 5.41) is 11.2. The van der Waals surface area contributed by atoms with Gasteiger partial charge in [0.05, 0.1) is 12.2 Å². The van der Waals surface area contributed by atoms with E-state index in [0.717, 1.165) is 5.56 Å². The summed E-state index contributed by atoms with van der Waals surface area (Å²) in [6.07, 6.45) is 1.51. The third kappa shape index (κ3) is 4.80. The Kier molecular flexibility index (Phi) is 6.15. The maximum absolute atomic E-state index is 12.7. The molecule has 2 unspecified atom stereocenters. The summed E-state index contributed by atoms with van der Waals surface area (Å²) < 4.78 is 12.2. The Morgan fingerprint density at radius 3 is 2.50 bits per heavy atom. The fourth-order valence-corrected chi connectivity index (χ4v) is 3.04. The molecule has 0 bridgehead atoms. The fourth-order valence-electron chi connectivity index (χ4n) is 3.04. The molecule has 9 heteroatoms. The van der Waals surface area contributed by atoms with E-state index in [1.165, 1.54) is 4.68 Å². The lowest BCUT2D eigenvalue weighted by atomic mass is 10.2. The van der Waals surface area contributed by atoms with Gasteiger partial charge in [0.1, 0.15) is 0 Å². The Morgan fingerprint density at radius 2 is 1.89 bits per heavy atom. The highest BCUT2D eigenvalue weighted by Gasteiger charge is 2.27. The van der Waals surface area contributed by atoms with E-state index in [-0.39, 0.29) is 30.4 Å². The monoisotopic (exact) mass is 385 g/mol. The van der Waals surface area contributed by atoms with Crippen LogP contribution in [-0.2, 0) is 19.1 Å². The Hall–Kier alpha value is -3.07. The average molecular weight is 385 g/mol. The van der Waals surface area contributed by atoms with Gasteiger partial charge >= 0.3 is 5.97 Å². The molecule has 1 aromatic heterocycles. The van der Waals surface area contributed by atoms with Gasteiger partial charge in [-0.25, -0.2) is 4.79 Å². The number of esters is 1.